The SMILES string of the molecule is Cc1nc2ccc(F)cc2c(=O)n1-c1ccccc1[N+](=O)[O-]. The molecule has 0 aliphatic carbocycles. The Kier molecular flexibility index (Phi) is 3.17. The zero-order valence-electron chi connectivity index (χ0n) is 11.5. The van der Waals surface area contributed by atoms with E-state index in [2.05, 4.69) is 4.98 Å². The Labute approximate surface area is 123 Å². The fraction of sp³-hybridized carbons (Fsp3) is 0.0667. The minimum Gasteiger partial charge on any atom is -0.268 e. The molecule has 3 rings (SSSR count). The van der Waals surface area contributed by atoms with Crippen molar-refractivity contribution in [3.8, 4) is 5.69 Å². The molecular weight excluding hydrogens is 289 g/mol. The number of benzene rings is 2. The molecule has 0 bridgehead atoms. The average molecular weight is 299 g/mol. The maximum atomic E-state index is 13.4. The molecule has 3 aromatic rings. The molecule has 0 unspecified atom stereocenters. The maximum absolute atomic E-state index is 13.4. The molecule has 0 atom stereocenters. The van der Waals surface area contributed by atoms with E-state index in [0.717, 1.165) is 10.6 Å². The van der Waals surface area contributed by atoms with Crippen molar-refractivity contribution < 1.29 is 9.31 Å². The smallest absolute Gasteiger partial charge is 0.268 e. The second-order valence-corrected chi connectivity index (χ2v) is 4.71. The van der Waals surface area contributed by atoms with E-state index < -0.39 is 16.3 Å². The highest BCUT2D eigenvalue weighted by molar-refractivity contribution is 5.78. The first kappa shape index (κ1) is 13.9. The van der Waals surface area contributed by atoms with Crippen LogP contribution in [0.4, 0.5) is 10.1 Å². The quantitative estimate of drug-likeness (QED) is 0.538. The van der Waals surface area contributed by atoms with E-state index in [4.69, 9.17) is 0 Å². The Morgan fingerprint density at radius 1 is 1.23 bits per heavy atom. The molecule has 0 saturated heterocycles. The van der Waals surface area contributed by atoms with E-state index in [-0.39, 0.29) is 16.8 Å². The Hall–Kier alpha value is -3.09. The van der Waals surface area contributed by atoms with E-state index in [1.807, 2.05) is 0 Å². The van der Waals surface area contributed by atoms with Gasteiger partial charge in [0.15, 0.2) is 0 Å². The predicted molar refractivity (Wildman–Crippen MR) is 78.7 cm³/mol. The lowest BCUT2D eigenvalue weighted by Gasteiger charge is -2.11. The van der Waals surface area contributed by atoms with Crippen LogP contribution in [-0.2, 0) is 0 Å². The lowest BCUT2D eigenvalue weighted by Crippen LogP contribution is -2.23. The van der Waals surface area contributed by atoms with E-state index in [9.17, 15) is 19.3 Å². The molecule has 0 aliphatic heterocycles. The number of nitrogens with zero attached hydrogens (tertiary/aromatic N) is 3. The summed E-state index contributed by atoms with van der Waals surface area (Å²) >= 11 is 0. The number of nitro groups is 1. The van der Waals surface area contributed by atoms with Gasteiger partial charge in [-0.2, -0.15) is 0 Å². The van der Waals surface area contributed by atoms with Gasteiger partial charge in [0.1, 0.15) is 17.3 Å². The van der Waals surface area contributed by atoms with Crippen LogP contribution in [0.2, 0.25) is 0 Å². The van der Waals surface area contributed by atoms with Gasteiger partial charge in [0.05, 0.1) is 15.8 Å². The van der Waals surface area contributed by atoms with E-state index >= 15 is 0 Å². The van der Waals surface area contributed by atoms with Crippen LogP contribution in [0.25, 0.3) is 16.6 Å². The molecule has 2 aromatic carbocycles. The first-order chi connectivity index (χ1) is 10.5. The van der Waals surface area contributed by atoms with Crippen molar-refractivity contribution in [3.63, 3.8) is 0 Å². The van der Waals surface area contributed by atoms with Gasteiger partial charge in [-0.1, -0.05) is 12.1 Å². The number of fused-ring (bicyclic) bond motifs is 1. The lowest BCUT2D eigenvalue weighted by molar-refractivity contribution is -0.384. The number of aryl methyl sites for hydroxylation is 1. The standard InChI is InChI=1S/C15H10FN3O3/c1-9-17-12-7-6-10(16)8-11(12)15(20)18(9)13-4-2-3-5-14(13)19(21)22/h2-8H,1H3. The van der Waals surface area contributed by atoms with Crippen molar-refractivity contribution in [2.75, 3.05) is 0 Å². The summed E-state index contributed by atoms with van der Waals surface area (Å²) in [5.74, 6) is -0.275. The molecule has 22 heavy (non-hydrogen) atoms. The molecule has 0 aliphatic rings. The van der Waals surface area contributed by atoms with Crippen LogP contribution in [0.3, 0.4) is 0 Å². The van der Waals surface area contributed by atoms with Crippen LogP contribution in [0.1, 0.15) is 5.82 Å². The van der Waals surface area contributed by atoms with Gasteiger partial charge in [0, 0.05) is 6.07 Å². The second kappa shape index (κ2) is 5.03. The Bertz CT molecular complexity index is 966. The molecule has 1 heterocycles. The molecule has 6 nitrogen and oxygen atoms in total. The lowest BCUT2D eigenvalue weighted by atomic mass is 10.2. The molecule has 0 radical (unpaired) electrons. The van der Waals surface area contributed by atoms with Crippen LogP contribution in [0.5, 0.6) is 0 Å². The highest BCUT2D eigenvalue weighted by Gasteiger charge is 2.18. The molecule has 7 heteroatoms. The normalized spacial score (nSPS) is 10.8. The van der Waals surface area contributed by atoms with Gasteiger partial charge in [0.25, 0.3) is 11.2 Å². The van der Waals surface area contributed by atoms with Crippen LogP contribution < -0.4 is 5.56 Å². The van der Waals surface area contributed by atoms with Crippen molar-refractivity contribution in [3.05, 3.63) is 74.6 Å². The largest absolute Gasteiger partial charge is 0.293 e. The fourth-order valence-electron chi connectivity index (χ4n) is 2.36. The van der Waals surface area contributed by atoms with Crippen molar-refractivity contribution in [1.29, 1.82) is 0 Å². The highest BCUT2D eigenvalue weighted by Crippen LogP contribution is 2.22. The van der Waals surface area contributed by atoms with Crippen LogP contribution in [-0.4, -0.2) is 14.5 Å². The van der Waals surface area contributed by atoms with Crippen LogP contribution in [0.15, 0.2) is 47.3 Å². The Balaban J connectivity index is 2.42. The molecule has 110 valence electrons. The summed E-state index contributed by atoms with van der Waals surface area (Å²) in [6.07, 6.45) is 0. The topological polar surface area (TPSA) is 78.0 Å². The highest BCUT2D eigenvalue weighted by atomic mass is 19.1. The van der Waals surface area contributed by atoms with Crippen LogP contribution in [0, 0.1) is 22.9 Å². The number of rotatable bonds is 2. The number of halogens is 1. The summed E-state index contributed by atoms with van der Waals surface area (Å²) in [6, 6.07) is 9.55. The van der Waals surface area contributed by atoms with Gasteiger partial charge in [0.2, 0.25) is 0 Å². The second-order valence-electron chi connectivity index (χ2n) is 4.71. The summed E-state index contributed by atoms with van der Waals surface area (Å²) in [4.78, 5) is 27.4. The predicted octanol–water partition coefficient (Wildman–Crippen LogP) is 2.74. The summed E-state index contributed by atoms with van der Waals surface area (Å²) in [7, 11) is 0. The van der Waals surface area contributed by atoms with E-state index in [1.165, 1.54) is 30.3 Å². The summed E-state index contributed by atoms with van der Waals surface area (Å²) in [5.41, 5.74) is -0.311. The van der Waals surface area contributed by atoms with Gasteiger partial charge in [-0.3, -0.25) is 19.5 Å². The minimum absolute atomic E-state index is 0.0729. The average Bonchev–Trinajstić information content (AvgIpc) is 2.48. The third kappa shape index (κ3) is 2.12. The van der Waals surface area contributed by atoms with Gasteiger partial charge in [-0.15, -0.1) is 0 Å². The zero-order chi connectivity index (χ0) is 15.9. The molecular formula is C15H10FN3O3. The fourth-order valence-corrected chi connectivity index (χ4v) is 2.36. The van der Waals surface area contributed by atoms with Gasteiger partial charge in [-0.25, -0.2) is 9.37 Å². The summed E-state index contributed by atoms with van der Waals surface area (Å²) in [6.45, 7) is 1.57. The van der Waals surface area contributed by atoms with Gasteiger partial charge >= 0.3 is 0 Å². The third-order valence-electron chi connectivity index (χ3n) is 3.32. The third-order valence-corrected chi connectivity index (χ3v) is 3.32. The number of para-hydroxylation sites is 2. The van der Waals surface area contributed by atoms with Crippen molar-refractivity contribution in [2.45, 2.75) is 6.92 Å². The van der Waals surface area contributed by atoms with Crippen molar-refractivity contribution in [2.24, 2.45) is 0 Å². The Morgan fingerprint density at radius 2 is 1.95 bits per heavy atom. The monoisotopic (exact) mass is 299 g/mol. The minimum atomic E-state index is -0.572. The summed E-state index contributed by atoms with van der Waals surface area (Å²) < 4.78 is 14.5. The molecule has 0 fully saturated rings. The van der Waals surface area contributed by atoms with E-state index in [0.29, 0.717) is 11.3 Å². The molecule has 0 saturated carbocycles. The van der Waals surface area contributed by atoms with Gasteiger partial charge in [-0.05, 0) is 31.2 Å². The molecule has 1 aromatic heterocycles. The molecule has 0 N–H and O–H groups in total. The number of aromatic nitrogens is 2. The van der Waals surface area contributed by atoms with Crippen molar-refractivity contribution in [1.82, 2.24) is 9.55 Å². The first-order valence-corrected chi connectivity index (χ1v) is 6.42. The van der Waals surface area contributed by atoms with Crippen molar-refractivity contribution >= 4 is 16.6 Å². The zero-order valence-corrected chi connectivity index (χ0v) is 11.5. The molecule has 0 spiro atoms. The first-order valence-electron chi connectivity index (χ1n) is 6.42. The van der Waals surface area contributed by atoms with Crippen LogP contribution >= 0.6 is 0 Å². The van der Waals surface area contributed by atoms with E-state index in [1.54, 1.807) is 13.0 Å². The molecule has 0 amide bonds. The maximum Gasteiger partial charge on any atom is 0.293 e. The number of nitro benzene ring substituents is 1. The number of hydrogen-bond acceptors (Lipinski definition) is 4. The summed E-state index contributed by atoms with van der Waals surface area (Å²) in [5, 5.41) is 11.2. The van der Waals surface area contributed by atoms with Gasteiger partial charge < -0.3 is 0 Å². The Morgan fingerprint density at radius 3 is 2.68 bits per heavy atom. The number of hydrogen-bond donors (Lipinski definition) is 0.